The number of unbranched alkanes of at least 4 members (excludes halogenated alkanes) is 2. The van der Waals surface area contributed by atoms with Crippen molar-refractivity contribution in [2.24, 2.45) is 35.5 Å². The van der Waals surface area contributed by atoms with Crippen molar-refractivity contribution >= 4 is 59.7 Å². The number of esters is 10. The number of rotatable bonds is 30. The number of methoxy groups -OCH3 is 2. The normalized spacial score (nSPS) is 19.6. The van der Waals surface area contributed by atoms with Crippen LogP contribution in [-0.4, -0.2) is 127 Å². The Balaban J connectivity index is 1.11. The maximum Gasteiger partial charge on any atom is 0.342 e. The smallest absolute Gasteiger partial charge is 0.342 e. The fraction of sp³-hybridized carbons (Fsp3) is 0.552. The van der Waals surface area contributed by atoms with E-state index in [1.54, 1.807) is 0 Å². The summed E-state index contributed by atoms with van der Waals surface area (Å²) in [6.45, 7) is 7.31. The van der Waals surface area contributed by atoms with Crippen LogP contribution in [0.3, 0.4) is 0 Å². The molecule has 2 aromatic carbocycles. The lowest BCUT2D eigenvalue weighted by Crippen LogP contribution is -2.31. The van der Waals surface area contributed by atoms with Crippen molar-refractivity contribution in [2.45, 2.75) is 103 Å². The fourth-order valence-electron chi connectivity index (χ4n) is 9.16. The molecule has 22 nitrogen and oxygen atoms in total. The van der Waals surface area contributed by atoms with Gasteiger partial charge in [-0.25, -0.2) is 19.2 Å². The molecule has 0 aromatic heterocycles. The Labute approximate surface area is 464 Å². The van der Waals surface area contributed by atoms with Gasteiger partial charge in [-0.2, -0.15) is 0 Å². The Morgan fingerprint density at radius 3 is 0.963 bits per heavy atom. The largest absolute Gasteiger partial charge is 0.465 e. The van der Waals surface area contributed by atoms with E-state index in [9.17, 15) is 47.9 Å². The van der Waals surface area contributed by atoms with Gasteiger partial charge in [0.05, 0.1) is 75.1 Å². The third-order valence-electron chi connectivity index (χ3n) is 13.8. The molecule has 3 fully saturated rings. The monoisotopic (exact) mass is 1120 g/mol. The zero-order valence-electron chi connectivity index (χ0n) is 45.4. The van der Waals surface area contributed by atoms with Crippen molar-refractivity contribution in [2.75, 3.05) is 67.1 Å². The first-order chi connectivity index (χ1) is 38.6. The molecule has 436 valence electrons. The van der Waals surface area contributed by atoms with Gasteiger partial charge in [-0.15, -0.1) is 0 Å². The van der Waals surface area contributed by atoms with E-state index in [1.165, 1.54) is 50.6 Å². The van der Waals surface area contributed by atoms with E-state index in [0.29, 0.717) is 77.0 Å². The second-order valence-corrected chi connectivity index (χ2v) is 19.4. The van der Waals surface area contributed by atoms with Gasteiger partial charge in [0, 0.05) is 26.4 Å². The molecule has 0 unspecified atom stereocenters. The standard InChI is InChI=1S/C58H72O22/c1-5-49(59)71-27-7-9-29-73-51(61)37-11-15-39(16-12-37)53(63)77-43-23-25-47(45(35-43)57(67)75-33-31-69-3)79-55(65)41-19-21-42(22-20-41)56(66)80-48-26-24-44(36-46(48)58(68)76-34-32-70-4)78-54(64)40-17-13-38(14-18-40)52(62)74-30-10-8-28-72-50(60)6-2/h5-6,23-26,35-42H,1-2,7-22,27-34H2,3-4H3. The minimum atomic E-state index is -0.866. The van der Waals surface area contributed by atoms with Gasteiger partial charge in [0.15, 0.2) is 0 Å². The molecule has 0 spiro atoms. The van der Waals surface area contributed by atoms with Crippen LogP contribution in [-0.2, 0) is 76.3 Å². The fourth-order valence-corrected chi connectivity index (χ4v) is 9.16. The topological polar surface area (TPSA) is 281 Å². The van der Waals surface area contributed by atoms with Gasteiger partial charge < -0.3 is 56.8 Å². The van der Waals surface area contributed by atoms with E-state index in [1.807, 2.05) is 0 Å². The maximum absolute atomic E-state index is 13.6. The van der Waals surface area contributed by atoms with Gasteiger partial charge in [-0.3, -0.25) is 28.8 Å². The third kappa shape index (κ3) is 20.6. The molecule has 0 N–H and O–H groups in total. The van der Waals surface area contributed by atoms with Crippen molar-refractivity contribution in [1.82, 2.24) is 0 Å². The lowest BCUT2D eigenvalue weighted by molar-refractivity contribution is -0.152. The quantitative estimate of drug-likeness (QED) is 0.0247. The zero-order chi connectivity index (χ0) is 57.8. The lowest BCUT2D eigenvalue weighted by Gasteiger charge is -2.26. The summed E-state index contributed by atoms with van der Waals surface area (Å²) in [7, 11) is 2.86. The van der Waals surface area contributed by atoms with Crippen molar-refractivity contribution in [1.29, 1.82) is 0 Å². The number of carbonyl (C=O) groups excluding carboxylic acids is 10. The summed E-state index contributed by atoms with van der Waals surface area (Å²) in [6, 6.07) is 7.90. The van der Waals surface area contributed by atoms with Gasteiger partial charge >= 0.3 is 59.7 Å². The molecule has 2 aromatic rings. The van der Waals surface area contributed by atoms with Crippen LogP contribution >= 0.6 is 0 Å². The minimum absolute atomic E-state index is 0.00199. The molecule has 3 aliphatic carbocycles. The Kier molecular flexibility index (Phi) is 26.8. The highest BCUT2D eigenvalue weighted by atomic mass is 16.6. The predicted octanol–water partition coefficient (Wildman–Crippen LogP) is 7.14. The first kappa shape index (κ1) is 63.4. The van der Waals surface area contributed by atoms with Gasteiger partial charge in [-0.1, -0.05) is 13.2 Å². The zero-order valence-corrected chi connectivity index (χ0v) is 45.4. The predicted molar refractivity (Wildman–Crippen MR) is 279 cm³/mol. The average Bonchev–Trinajstić information content (AvgIpc) is 3.48. The van der Waals surface area contributed by atoms with E-state index in [2.05, 4.69) is 13.2 Å². The Bertz CT molecular complexity index is 2300. The summed E-state index contributed by atoms with van der Waals surface area (Å²) in [5.41, 5.74) is -0.365. The second-order valence-electron chi connectivity index (χ2n) is 19.4. The molecule has 0 heterocycles. The van der Waals surface area contributed by atoms with Crippen molar-refractivity contribution in [3.8, 4) is 23.0 Å². The molecule has 0 amide bonds. The molecular formula is C58H72O22. The van der Waals surface area contributed by atoms with Crippen LogP contribution in [0, 0.1) is 35.5 Å². The molecule has 22 heteroatoms. The van der Waals surface area contributed by atoms with E-state index in [0.717, 1.165) is 12.2 Å². The Morgan fingerprint density at radius 2 is 0.662 bits per heavy atom. The number of hydrogen-bond acceptors (Lipinski definition) is 22. The van der Waals surface area contributed by atoms with Gasteiger partial charge in [0.1, 0.15) is 47.3 Å². The second kappa shape index (κ2) is 33.9. The van der Waals surface area contributed by atoms with Crippen LogP contribution in [0.15, 0.2) is 61.7 Å². The lowest BCUT2D eigenvalue weighted by atomic mass is 9.82. The molecule has 3 saturated carbocycles. The summed E-state index contributed by atoms with van der Waals surface area (Å²) in [6.07, 6.45) is 8.12. The van der Waals surface area contributed by atoms with Crippen LogP contribution in [0.5, 0.6) is 23.0 Å². The van der Waals surface area contributed by atoms with Crippen molar-refractivity contribution < 1.29 is 105 Å². The van der Waals surface area contributed by atoms with E-state index < -0.39 is 71.4 Å². The van der Waals surface area contributed by atoms with E-state index in [4.69, 9.17) is 56.8 Å². The summed E-state index contributed by atoms with van der Waals surface area (Å²) in [5, 5.41) is 0. The number of benzene rings is 2. The van der Waals surface area contributed by atoms with Gasteiger partial charge in [-0.05, 0) is 139 Å². The Hall–Kier alpha value is -7.46. The summed E-state index contributed by atoms with van der Waals surface area (Å²) < 4.78 is 64.1. The van der Waals surface area contributed by atoms with Gasteiger partial charge in [0.25, 0.3) is 0 Å². The van der Waals surface area contributed by atoms with Crippen LogP contribution < -0.4 is 18.9 Å². The molecule has 0 saturated heterocycles. The number of hydrogen-bond donors (Lipinski definition) is 0. The number of carbonyl (C=O) groups is 10. The maximum atomic E-state index is 13.6. The molecule has 0 bridgehead atoms. The van der Waals surface area contributed by atoms with Crippen LogP contribution in [0.1, 0.15) is 123 Å². The van der Waals surface area contributed by atoms with E-state index in [-0.39, 0.29) is 136 Å². The molecule has 0 atom stereocenters. The first-order valence-electron chi connectivity index (χ1n) is 27.0. The highest BCUT2D eigenvalue weighted by Crippen LogP contribution is 2.37. The highest BCUT2D eigenvalue weighted by molar-refractivity contribution is 5.95. The summed E-state index contributed by atoms with van der Waals surface area (Å²) >= 11 is 0. The number of ether oxygens (including phenoxy) is 12. The molecule has 3 aliphatic rings. The van der Waals surface area contributed by atoms with Crippen LogP contribution in [0.4, 0.5) is 0 Å². The molecular weight excluding hydrogens is 1050 g/mol. The van der Waals surface area contributed by atoms with Crippen LogP contribution in [0.2, 0.25) is 0 Å². The highest BCUT2D eigenvalue weighted by Gasteiger charge is 2.36. The third-order valence-corrected chi connectivity index (χ3v) is 13.8. The molecule has 5 rings (SSSR count). The van der Waals surface area contributed by atoms with Crippen molar-refractivity contribution in [3.05, 3.63) is 72.8 Å². The molecule has 0 radical (unpaired) electrons. The molecule has 0 aliphatic heterocycles. The summed E-state index contributed by atoms with van der Waals surface area (Å²) in [4.78, 5) is 128. The Morgan fingerprint density at radius 1 is 0.375 bits per heavy atom. The van der Waals surface area contributed by atoms with Gasteiger partial charge in [0.2, 0.25) is 0 Å². The van der Waals surface area contributed by atoms with Crippen LogP contribution in [0.25, 0.3) is 0 Å². The minimum Gasteiger partial charge on any atom is -0.465 e. The first-order valence-corrected chi connectivity index (χ1v) is 27.0. The molecule has 80 heavy (non-hydrogen) atoms. The average molecular weight is 1120 g/mol. The SMILES string of the molecule is C=CC(=O)OCCCCOC(=O)C1CCC(C(=O)Oc2ccc(OC(=O)C3CCC(C(=O)Oc4ccc(OC(=O)C5CCC(C(=O)OCCCCOC(=O)C=C)CC5)cc4C(=O)OCCOC)CC3)c(C(=O)OCCOC)c2)CC1. The van der Waals surface area contributed by atoms with Crippen molar-refractivity contribution in [3.63, 3.8) is 0 Å². The summed E-state index contributed by atoms with van der Waals surface area (Å²) in [5.74, 6) is -9.44. The van der Waals surface area contributed by atoms with E-state index >= 15 is 0 Å².